The van der Waals surface area contributed by atoms with Gasteiger partial charge in [-0.25, -0.2) is 4.79 Å². The lowest BCUT2D eigenvalue weighted by Gasteiger charge is -2.34. The maximum atomic E-state index is 13.1. The van der Waals surface area contributed by atoms with E-state index in [2.05, 4.69) is 5.32 Å². The van der Waals surface area contributed by atoms with Crippen LogP contribution in [0.3, 0.4) is 0 Å². The van der Waals surface area contributed by atoms with Crippen molar-refractivity contribution in [1.29, 1.82) is 0 Å². The van der Waals surface area contributed by atoms with Gasteiger partial charge in [0.1, 0.15) is 0 Å². The van der Waals surface area contributed by atoms with Crippen molar-refractivity contribution in [3.63, 3.8) is 0 Å². The highest BCUT2D eigenvalue weighted by atomic mass is 16.6. The standard InChI is InChI=1S/C31H47NO8/c1-7-21(5)16-27(33)38-25-15-14-23(18-26(25)39-28(34)17-22(6)8-2)19-31(30(36)37,32-20(3)4)40-29(35)24-12-10-9-11-13-24/h14-15,18,20-22,24,32H,7-13,16-17,19H2,1-6H3,(H,36,37)/t21?,22?,31-/m0/s1. The summed E-state index contributed by atoms with van der Waals surface area (Å²) >= 11 is 0. The van der Waals surface area contributed by atoms with Crippen LogP contribution in [-0.2, 0) is 30.3 Å². The molecule has 0 saturated heterocycles. The smallest absolute Gasteiger partial charge is 0.364 e. The number of ether oxygens (including phenoxy) is 3. The lowest BCUT2D eigenvalue weighted by atomic mass is 9.89. The van der Waals surface area contributed by atoms with Gasteiger partial charge in [0.2, 0.25) is 0 Å². The van der Waals surface area contributed by atoms with Crippen LogP contribution in [0.4, 0.5) is 0 Å². The number of carbonyl (C=O) groups excluding carboxylic acids is 3. The third-order valence-electron chi connectivity index (χ3n) is 7.41. The number of benzene rings is 1. The van der Waals surface area contributed by atoms with Gasteiger partial charge in [0.15, 0.2) is 11.5 Å². The van der Waals surface area contributed by atoms with Crippen LogP contribution in [0.5, 0.6) is 11.5 Å². The molecule has 0 aromatic heterocycles. The second kappa shape index (κ2) is 15.7. The first-order chi connectivity index (χ1) is 18.9. The highest BCUT2D eigenvalue weighted by molar-refractivity contribution is 5.83. The van der Waals surface area contributed by atoms with Crippen molar-refractivity contribution in [1.82, 2.24) is 5.32 Å². The monoisotopic (exact) mass is 561 g/mol. The summed E-state index contributed by atoms with van der Waals surface area (Å²) < 4.78 is 16.9. The van der Waals surface area contributed by atoms with E-state index in [1.165, 1.54) is 12.1 Å². The minimum atomic E-state index is -2.03. The molecule has 1 aliphatic carbocycles. The molecule has 0 bridgehead atoms. The van der Waals surface area contributed by atoms with Gasteiger partial charge in [-0.2, -0.15) is 0 Å². The van der Waals surface area contributed by atoms with Gasteiger partial charge in [-0.15, -0.1) is 0 Å². The fourth-order valence-corrected chi connectivity index (χ4v) is 4.66. The molecule has 1 aromatic rings. The van der Waals surface area contributed by atoms with E-state index in [9.17, 15) is 24.3 Å². The number of hydrogen-bond acceptors (Lipinski definition) is 8. The molecule has 0 radical (unpaired) electrons. The van der Waals surface area contributed by atoms with Crippen LogP contribution < -0.4 is 14.8 Å². The average Bonchev–Trinajstić information content (AvgIpc) is 2.89. The normalized spacial score (nSPS) is 17.0. The molecular weight excluding hydrogens is 514 g/mol. The fraction of sp³-hybridized carbons (Fsp3) is 0.677. The van der Waals surface area contributed by atoms with E-state index in [0.717, 1.165) is 32.1 Å². The third-order valence-corrected chi connectivity index (χ3v) is 7.41. The minimum absolute atomic E-state index is 0.0192. The molecule has 0 amide bonds. The Kier molecular flexibility index (Phi) is 13.1. The zero-order valence-corrected chi connectivity index (χ0v) is 24.9. The molecule has 9 heteroatoms. The molecule has 1 aliphatic rings. The van der Waals surface area contributed by atoms with Crippen LogP contribution in [-0.4, -0.2) is 40.8 Å². The Bertz CT molecular complexity index is 1020. The van der Waals surface area contributed by atoms with Crippen molar-refractivity contribution < 1.29 is 38.5 Å². The van der Waals surface area contributed by atoms with Crippen molar-refractivity contribution in [2.75, 3.05) is 0 Å². The fourth-order valence-electron chi connectivity index (χ4n) is 4.66. The van der Waals surface area contributed by atoms with Crippen LogP contribution >= 0.6 is 0 Å². The van der Waals surface area contributed by atoms with Gasteiger partial charge in [-0.1, -0.05) is 65.9 Å². The zero-order valence-electron chi connectivity index (χ0n) is 24.9. The minimum Gasteiger partial charge on any atom is -0.477 e. The van der Waals surface area contributed by atoms with Crippen LogP contribution in [0.1, 0.15) is 105 Å². The molecule has 9 nitrogen and oxygen atoms in total. The summed E-state index contributed by atoms with van der Waals surface area (Å²) in [6.07, 6.45) is 5.95. The summed E-state index contributed by atoms with van der Waals surface area (Å²) in [5.41, 5.74) is -1.60. The molecular formula is C31H47NO8. The summed E-state index contributed by atoms with van der Waals surface area (Å²) in [4.78, 5) is 50.9. The Morgan fingerprint density at radius 3 is 1.95 bits per heavy atom. The van der Waals surface area contributed by atoms with E-state index >= 15 is 0 Å². The Morgan fingerprint density at radius 2 is 1.45 bits per heavy atom. The summed E-state index contributed by atoms with van der Waals surface area (Å²) in [7, 11) is 0. The molecule has 2 rings (SSSR count). The van der Waals surface area contributed by atoms with Crippen LogP contribution in [0.15, 0.2) is 18.2 Å². The quantitative estimate of drug-likeness (QED) is 0.155. The van der Waals surface area contributed by atoms with Crippen LogP contribution in [0.25, 0.3) is 0 Å². The third kappa shape index (κ3) is 10.2. The van der Waals surface area contributed by atoms with Gasteiger partial charge < -0.3 is 19.3 Å². The van der Waals surface area contributed by atoms with E-state index in [0.29, 0.717) is 18.4 Å². The summed E-state index contributed by atoms with van der Waals surface area (Å²) in [6.45, 7) is 11.4. The van der Waals surface area contributed by atoms with E-state index in [1.807, 2.05) is 27.7 Å². The molecule has 2 unspecified atom stereocenters. The maximum Gasteiger partial charge on any atom is 0.364 e. The van der Waals surface area contributed by atoms with Gasteiger partial charge in [0, 0.05) is 25.3 Å². The summed E-state index contributed by atoms with van der Waals surface area (Å²) in [5, 5.41) is 13.3. The second-order valence-corrected chi connectivity index (χ2v) is 11.5. The number of rotatable bonds is 15. The Labute approximate surface area is 238 Å². The van der Waals surface area contributed by atoms with Gasteiger partial charge in [-0.3, -0.25) is 19.7 Å². The Morgan fingerprint density at radius 1 is 0.900 bits per heavy atom. The molecule has 40 heavy (non-hydrogen) atoms. The molecule has 1 aromatic carbocycles. The molecule has 0 aliphatic heterocycles. The Hall–Kier alpha value is -2.94. The van der Waals surface area contributed by atoms with Crippen molar-refractivity contribution in [3.8, 4) is 11.5 Å². The Balaban J connectivity index is 2.41. The van der Waals surface area contributed by atoms with E-state index in [1.54, 1.807) is 19.9 Å². The first-order valence-electron chi connectivity index (χ1n) is 14.7. The van der Waals surface area contributed by atoms with Crippen molar-refractivity contribution in [2.45, 2.75) is 118 Å². The van der Waals surface area contributed by atoms with Gasteiger partial charge in [0.05, 0.1) is 5.92 Å². The highest BCUT2D eigenvalue weighted by Crippen LogP contribution is 2.33. The van der Waals surface area contributed by atoms with Crippen molar-refractivity contribution in [2.24, 2.45) is 17.8 Å². The number of nitrogens with one attached hydrogen (secondary N) is 1. The van der Waals surface area contributed by atoms with Gasteiger partial charge >= 0.3 is 23.9 Å². The number of carboxylic acid groups (broad SMARTS) is 1. The highest BCUT2D eigenvalue weighted by Gasteiger charge is 2.45. The molecule has 0 heterocycles. The number of carbonyl (C=O) groups is 4. The van der Waals surface area contributed by atoms with Gasteiger partial charge in [-0.05, 0) is 56.2 Å². The molecule has 3 atom stereocenters. The number of hydrogen-bond donors (Lipinski definition) is 2. The molecule has 0 spiro atoms. The zero-order chi connectivity index (χ0) is 29.9. The largest absolute Gasteiger partial charge is 0.477 e. The van der Waals surface area contributed by atoms with Crippen LogP contribution in [0.2, 0.25) is 0 Å². The van der Waals surface area contributed by atoms with Crippen molar-refractivity contribution in [3.05, 3.63) is 23.8 Å². The predicted molar refractivity (Wildman–Crippen MR) is 151 cm³/mol. The number of carboxylic acids is 1. The molecule has 2 N–H and O–H groups in total. The summed E-state index contributed by atoms with van der Waals surface area (Å²) in [6, 6.07) is 4.24. The van der Waals surface area contributed by atoms with Gasteiger partial charge in [0.25, 0.3) is 5.72 Å². The van der Waals surface area contributed by atoms with E-state index in [-0.39, 0.29) is 54.6 Å². The molecule has 224 valence electrons. The second-order valence-electron chi connectivity index (χ2n) is 11.5. The lowest BCUT2D eigenvalue weighted by Crippen LogP contribution is -2.59. The predicted octanol–water partition coefficient (Wildman–Crippen LogP) is 5.81. The number of aliphatic carboxylic acids is 1. The first kappa shape index (κ1) is 33.3. The van der Waals surface area contributed by atoms with E-state index in [4.69, 9.17) is 14.2 Å². The van der Waals surface area contributed by atoms with Crippen LogP contribution in [0, 0.1) is 17.8 Å². The average molecular weight is 562 g/mol. The summed E-state index contributed by atoms with van der Waals surface area (Å²) in [5.74, 6) is -2.83. The molecule has 1 saturated carbocycles. The topological polar surface area (TPSA) is 128 Å². The van der Waals surface area contributed by atoms with Crippen molar-refractivity contribution >= 4 is 23.9 Å². The first-order valence-corrected chi connectivity index (χ1v) is 14.7. The molecule has 1 fully saturated rings. The lowest BCUT2D eigenvalue weighted by molar-refractivity contribution is -0.188. The number of esters is 3. The SMILES string of the molecule is CCC(C)CC(=O)Oc1ccc(C[C@](NC(C)C)(OC(=O)C2CCCCC2)C(=O)O)cc1OC(=O)CC(C)CC. The van der Waals surface area contributed by atoms with E-state index < -0.39 is 29.6 Å². The maximum absolute atomic E-state index is 13.1.